The predicted octanol–water partition coefficient (Wildman–Crippen LogP) is 2.05. The number of carbonyl (C=O) groups excluding carboxylic acids is 2. The second kappa shape index (κ2) is 7.74. The van der Waals surface area contributed by atoms with Gasteiger partial charge in [-0.1, -0.05) is 35.4 Å². The summed E-state index contributed by atoms with van der Waals surface area (Å²) in [6.07, 6.45) is 0.142. The number of hydrogen-bond donors (Lipinski definition) is 0. The SMILES string of the molecule is CCOC(=O)C=O.Cc1ccc(C)cc1. The maximum absolute atomic E-state index is 9.82. The topological polar surface area (TPSA) is 43.4 Å². The summed E-state index contributed by atoms with van der Waals surface area (Å²) in [6.45, 7) is 6.10. The molecule has 0 bridgehead atoms. The maximum atomic E-state index is 9.82. The van der Waals surface area contributed by atoms with Crippen molar-refractivity contribution in [3.05, 3.63) is 35.4 Å². The zero-order valence-electron chi connectivity index (χ0n) is 9.32. The number of hydrogen-bond acceptors (Lipinski definition) is 3. The molecule has 1 aromatic carbocycles. The van der Waals surface area contributed by atoms with E-state index in [9.17, 15) is 9.59 Å². The summed E-state index contributed by atoms with van der Waals surface area (Å²) in [5, 5.41) is 0. The summed E-state index contributed by atoms with van der Waals surface area (Å²) in [4.78, 5) is 19.2. The van der Waals surface area contributed by atoms with Crippen LogP contribution in [0, 0.1) is 13.8 Å². The molecule has 0 aliphatic carbocycles. The first-order chi connectivity index (χ1) is 7.10. The predicted molar refractivity (Wildman–Crippen MR) is 58.6 cm³/mol. The summed E-state index contributed by atoms with van der Waals surface area (Å²) in [6, 6.07) is 8.48. The molecule has 82 valence electrons. The molecule has 0 saturated carbocycles. The number of carbonyl (C=O) groups is 2. The van der Waals surface area contributed by atoms with Gasteiger partial charge in [0.15, 0.2) is 0 Å². The molecular formula is C12H16O3. The number of aryl methyl sites for hydroxylation is 2. The van der Waals surface area contributed by atoms with Gasteiger partial charge < -0.3 is 4.74 Å². The molecule has 0 spiro atoms. The molecule has 0 atom stereocenters. The van der Waals surface area contributed by atoms with Gasteiger partial charge in [0.25, 0.3) is 0 Å². The molecule has 0 radical (unpaired) electrons. The van der Waals surface area contributed by atoms with Crippen LogP contribution >= 0.6 is 0 Å². The molecule has 0 N–H and O–H groups in total. The quantitative estimate of drug-likeness (QED) is 0.424. The Bertz CT molecular complexity index is 280. The van der Waals surface area contributed by atoms with E-state index in [0.717, 1.165) is 0 Å². The third-order valence-corrected chi connectivity index (χ3v) is 1.60. The average Bonchev–Trinajstić information content (AvgIpc) is 2.24. The second-order valence-electron chi connectivity index (χ2n) is 3.02. The Morgan fingerprint density at radius 1 is 1.20 bits per heavy atom. The van der Waals surface area contributed by atoms with Gasteiger partial charge in [0.1, 0.15) is 0 Å². The van der Waals surface area contributed by atoms with Crippen LogP contribution in [0.15, 0.2) is 24.3 Å². The Morgan fingerprint density at radius 3 is 1.80 bits per heavy atom. The molecule has 0 aliphatic rings. The summed E-state index contributed by atoms with van der Waals surface area (Å²) < 4.78 is 4.18. The van der Waals surface area contributed by atoms with Crippen LogP contribution in [0.5, 0.6) is 0 Å². The van der Waals surface area contributed by atoms with Crippen LogP contribution in [0.4, 0.5) is 0 Å². The van der Waals surface area contributed by atoms with Crippen LogP contribution in [-0.2, 0) is 14.3 Å². The fourth-order valence-electron chi connectivity index (χ4n) is 0.813. The number of esters is 1. The van der Waals surface area contributed by atoms with E-state index < -0.39 is 5.97 Å². The standard InChI is InChI=1S/C8H10.C4H6O3/c1-7-3-5-8(2)6-4-7;1-2-7-4(6)3-5/h3-6H,1-2H3;3H,2H2,1H3. The average molecular weight is 208 g/mol. The lowest BCUT2D eigenvalue weighted by Gasteiger charge is -1.90. The van der Waals surface area contributed by atoms with Gasteiger partial charge >= 0.3 is 5.97 Å². The molecule has 0 amide bonds. The first-order valence-electron chi connectivity index (χ1n) is 4.75. The van der Waals surface area contributed by atoms with E-state index in [1.165, 1.54) is 11.1 Å². The van der Waals surface area contributed by atoms with Crippen LogP contribution in [0.3, 0.4) is 0 Å². The highest BCUT2D eigenvalue weighted by molar-refractivity contribution is 6.20. The summed E-state index contributed by atoms with van der Waals surface area (Å²) in [5.41, 5.74) is 2.66. The van der Waals surface area contributed by atoms with E-state index >= 15 is 0 Å². The highest BCUT2D eigenvalue weighted by atomic mass is 16.5. The van der Waals surface area contributed by atoms with Crippen LogP contribution in [-0.4, -0.2) is 18.9 Å². The number of aldehydes is 1. The monoisotopic (exact) mass is 208 g/mol. The number of ether oxygens (including phenoxy) is 1. The van der Waals surface area contributed by atoms with Gasteiger partial charge in [-0.05, 0) is 20.8 Å². The van der Waals surface area contributed by atoms with E-state index in [1.807, 2.05) is 0 Å². The Morgan fingerprint density at radius 2 is 1.60 bits per heavy atom. The first-order valence-corrected chi connectivity index (χ1v) is 4.75. The summed E-state index contributed by atoms with van der Waals surface area (Å²) in [5.74, 6) is -0.803. The van der Waals surface area contributed by atoms with Crippen molar-refractivity contribution in [2.45, 2.75) is 20.8 Å². The zero-order valence-corrected chi connectivity index (χ0v) is 9.32. The van der Waals surface area contributed by atoms with Crippen molar-refractivity contribution in [1.29, 1.82) is 0 Å². The molecule has 0 aromatic heterocycles. The van der Waals surface area contributed by atoms with Crippen LogP contribution in [0.25, 0.3) is 0 Å². The normalized spacial score (nSPS) is 8.47. The Balaban J connectivity index is 0.000000265. The largest absolute Gasteiger partial charge is 0.460 e. The number of benzene rings is 1. The van der Waals surface area contributed by atoms with Gasteiger partial charge in [-0.15, -0.1) is 0 Å². The Labute approximate surface area is 90.1 Å². The van der Waals surface area contributed by atoms with Crippen molar-refractivity contribution in [2.24, 2.45) is 0 Å². The molecule has 3 heteroatoms. The zero-order chi connectivity index (χ0) is 11.7. The summed E-state index contributed by atoms with van der Waals surface area (Å²) in [7, 11) is 0. The molecule has 0 aliphatic heterocycles. The molecule has 0 saturated heterocycles. The molecule has 0 heterocycles. The highest BCUT2D eigenvalue weighted by Gasteiger charge is 1.91. The Hall–Kier alpha value is -1.64. The van der Waals surface area contributed by atoms with Gasteiger partial charge in [-0.2, -0.15) is 0 Å². The van der Waals surface area contributed by atoms with E-state index in [-0.39, 0.29) is 12.9 Å². The lowest BCUT2D eigenvalue weighted by Crippen LogP contribution is -2.03. The lowest BCUT2D eigenvalue weighted by molar-refractivity contribution is -0.148. The van der Waals surface area contributed by atoms with Crippen LogP contribution in [0.2, 0.25) is 0 Å². The molecule has 3 nitrogen and oxygen atoms in total. The van der Waals surface area contributed by atoms with Crippen molar-refractivity contribution in [2.75, 3.05) is 6.61 Å². The third kappa shape index (κ3) is 7.43. The van der Waals surface area contributed by atoms with Gasteiger partial charge in [-0.3, -0.25) is 4.79 Å². The second-order valence-corrected chi connectivity index (χ2v) is 3.02. The first kappa shape index (κ1) is 13.4. The van der Waals surface area contributed by atoms with Crippen LogP contribution in [0.1, 0.15) is 18.1 Å². The van der Waals surface area contributed by atoms with Crippen molar-refractivity contribution >= 4 is 12.3 Å². The highest BCUT2D eigenvalue weighted by Crippen LogP contribution is 1.99. The number of rotatable bonds is 2. The maximum Gasteiger partial charge on any atom is 0.371 e. The lowest BCUT2D eigenvalue weighted by atomic mass is 10.2. The van der Waals surface area contributed by atoms with E-state index in [1.54, 1.807) is 6.92 Å². The van der Waals surface area contributed by atoms with Gasteiger partial charge in [0.05, 0.1) is 6.61 Å². The van der Waals surface area contributed by atoms with Gasteiger partial charge in [0.2, 0.25) is 6.29 Å². The molecule has 0 unspecified atom stereocenters. The third-order valence-electron chi connectivity index (χ3n) is 1.60. The molecular weight excluding hydrogens is 192 g/mol. The van der Waals surface area contributed by atoms with Crippen molar-refractivity contribution in [1.82, 2.24) is 0 Å². The Kier molecular flexibility index (Phi) is 6.89. The van der Waals surface area contributed by atoms with Gasteiger partial charge in [-0.25, -0.2) is 4.79 Å². The van der Waals surface area contributed by atoms with Crippen molar-refractivity contribution in [3.63, 3.8) is 0 Å². The fraction of sp³-hybridized carbons (Fsp3) is 0.333. The minimum atomic E-state index is -0.803. The van der Waals surface area contributed by atoms with E-state index in [2.05, 4.69) is 42.8 Å². The fourth-order valence-corrected chi connectivity index (χ4v) is 0.813. The van der Waals surface area contributed by atoms with Crippen LogP contribution < -0.4 is 0 Å². The molecule has 15 heavy (non-hydrogen) atoms. The molecule has 0 fully saturated rings. The van der Waals surface area contributed by atoms with E-state index in [0.29, 0.717) is 0 Å². The minimum absolute atomic E-state index is 0.142. The molecule has 1 rings (SSSR count). The van der Waals surface area contributed by atoms with Gasteiger partial charge in [0, 0.05) is 0 Å². The minimum Gasteiger partial charge on any atom is -0.460 e. The smallest absolute Gasteiger partial charge is 0.371 e. The van der Waals surface area contributed by atoms with Crippen molar-refractivity contribution in [3.8, 4) is 0 Å². The molecule has 1 aromatic rings. The van der Waals surface area contributed by atoms with Crippen molar-refractivity contribution < 1.29 is 14.3 Å². The van der Waals surface area contributed by atoms with E-state index in [4.69, 9.17) is 0 Å². The summed E-state index contributed by atoms with van der Waals surface area (Å²) >= 11 is 0.